The number of aryl methyl sites for hydroxylation is 1. The molecular weight excluding hydrogens is 166 g/mol. The summed E-state index contributed by atoms with van der Waals surface area (Å²) < 4.78 is 6.74. The van der Waals surface area contributed by atoms with E-state index >= 15 is 0 Å². The Morgan fingerprint density at radius 3 is 3.08 bits per heavy atom. The van der Waals surface area contributed by atoms with Crippen LogP contribution in [-0.4, -0.2) is 9.78 Å². The maximum absolute atomic E-state index is 8.79. The lowest BCUT2D eigenvalue weighted by atomic mass is 10.2. The minimum Gasteiger partial charge on any atom is -0.463 e. The Balaban J connectivity index is 2.59. The maximum atomic E-state index is 8.79. The summed E-state index contributed by atoms with van der Waals surface area (Å²) in [5.41, 5.74) is 1.12. The number of aromatic nitrogens is 2. The van der Waals surface area contributed by atoms with Crippen molar-refractivity contribution in [3.63, 3.8) is 0 Å². The Kier molecular flexibility index (Phi) is 1.64. The zero-order valence-corrected chi connectivity index (χ0v) is 7.06. The molecule has 2 heterocycles. The van der Waals surface area contributed by atoms with Crippen molar-refractivity contribution >= 4 is 0 Å². The molecule has 0 aliphatic heterocycles. The molecule has 0 radical (unpaired) electrons. The number of nitriles is 1. The predicted octanol–water partition coefficient (Wildman–Crippen LogP) is 1.55. The fourth-order valence-electron chi connectivity index (χ4n) is 1.17. The highest BCUT2D eigenvalue weighted by Gasteiger charge is 2.11. The monoisotopic (exact) mass is 173 g/mol. The molecule has 0 aliphatic rings. The van der Waals surface area contributed by atoms with Crippen molar-refractivity contribution in [1.29, 1.82) is 5.26 Å². The third-order valence-electron chi connectivity index (χ3n) is 1.70. The molecule has 4 heteroatoms. The first-order valence-corrected chi connectivity index (χ1v) is 3.79. The van der Waals surface area contributed by atoms with Crippen LogP contribution >= 0.6 is 0 Å². The number of rotatable bonds is 1. The van der Waals surface area contributed by atoms with Gasteiger partial charge in [-0.05, 0) is 12.1 Å². The van der Waals surface area contributed by atoms with Gasteiger partial charge in [0.2, 0.25) is 0 Å². The van der Waals surface area contributed by atoms with Gasteiger partial charge in [-0.1, -0.05) is 0 Å². The van der Waals surface area contributed by atoms with E-state index in [4.69, 9.17) is 9.68 Å². The Hall–Kier alpha value is -2.02. The third-order valence-corrected chi connectivity index (χ3v) is 1.70. The summed E-state index contributed by atoms with van der Waals surface area (Å²) in [6, 6.07) is 5.61. The van der Waals surface area contributed by atoms with Gasteiger partial charge in [-0.25, -0.2) is 0 Å². The SMILES string of the molecule is Cn1cc(C#N)c(-c2ccco2)n1. The van der Waals surface area contributed by atoms with Crippen LogP contribution in [0.5, 0.6) is 0 Å². The van der Waals surface area contributed by atoms with Gasteiger partial charge in [0.05, 0.1) is 6.26 Å². The van der Waals surface area contributed by atoms with E-state index in [0.717, 1.165) is 0 Å². The molecule has 0 unspecified atom stereocenters. The topological polar surface area (TPSA) is 54.8 Å². The molecule has 13 heavy (non-hydrogen) atoms. The fourth-order valence-corrected chi connectivity index (χ4v) is 1.17. The van der Waals surface area contributed by atoms with Crippen LogP contribution in [0.1, 0.15) is 5.56 Å². The lowest BCUT2D eigenvalue weighted by Gasteiger charge is -1.88. The van der Waals surface area contributed by atoms with Gasteiger partial charge in [0.1, 0.15) is 17.3 Å². The standard InChI is InChI=1S/C9H7N3O/c1-12-6-7(5-10)9(11-12)8-3-2-4-13-8/h2-4,6H,1H3. The second kappa shape index (κ2) is 2.79. The molecule has 0 N–H and O–H groups in total. The van der Waals surface area contributed by atoms with Crippen LogP contribution in [-0.2, 0) is 7.05 Å². The zero-order valence-electron chi connectivity index (χ0n) is 7.06. The molecule has 0 aliphatic carbocycles. The van der Waals surface area contributed by atoms with E-state index in [1.54, 1.807) is 36.3 Å². The van der Waals surface area contributed by atoms with Crippen LogP contribution < -0.4 is 0 Å². The number of hydrogen-bond acceptors (Lipinski definition) is 3. The molecule has 4 nitrogen and oxygen atoms in total. The Bertz CT molecular complexity index is 448. The molecule has 0 bridgehead atoms. The van der Waals surface area contributed by atoms with Crippen LogP contribution in [0, 0.1) is 11.3 Å². The first-order chi connectivity index (χ1) is 6.31. The highest BCUT2D eigenvalue weighted by molar-refractivity contribution is 5.60. The van der Waals surface area contributed by atoms with Crippen molar-refractivity contribution in [2.24, 2.45) is 7.05 Å². The van der Waals surface area contributed by atoms with Crippen molar-refractivity contribution in [2.45, 2.75) is 0 Å². The molecule has 0 amide bonds. The van der Waals surface area contributed by atoms with Crippen LogP contribution in [0.25, 0.3) is 11.5 Å². The first kappa shape index (κ1) is 7.62. The van der Waals surface area contributed by atoms with Crippen molar-refractivity contribution in [2.75, 3.05) is 0 Å². The summed E-state index contributed by atoms with van der Waals surface area (Å²) in [5.74, 6) is 0.622. The minimum atomic E-state index is 0.525. The Morgan fingerprint density at radius 2 is 2.46 bits per heavy atom. The van der Waals surface area contributed by atoms with Gasteiger partial charge < -0.3 is 4.42 Å². The zero-order chi connectivity index (χ0) is 9.26. The van der Waals surface area contributed by atoms with Gasteiger partial charge >= 0.3 is 0 Å². The molecule has 2 aromatic rings. The Labute approximate surface area is 75.0 Å². The van der Waals surface area contributed by atoms with E-state index in [1.807, 2.05) is 0 Å². The van der Waals surface area contributed by atoms with E-state index in [0.29, 0.717) is 17.0 Å². The maximum Gasteiger partial charge on any atom is 0.155 e. The van der Waals surface area contributed by atoms with Gasteiger partial charge in [0, 0.05) is 13.2 Å². The van der Waals surface area contributed by atoms with E-state index in [9.17, 15) is 0 Å². The smallest absolute Gasteiger partial charge is 0.155 e. The summed E-state index contributed by atoms with van der Waals surface area (Å²) in [7, 11) is 1.77. The molecule has 0 saturated heterocycles. The average molecular weight is 173 g/mol. The van der Waals surface area contributed by atoms with Crippen molar-refractivity contribution in [3.05, 3.63) is 30.2 Å². The van der Waals surface area contributed by atoms with Crippen molar-refractivity contribution in [3.8, 4) is 17.5 Å². The van der Waals surface area contributed by atoms with Crippen LogP contribution in [0.4, 0.5) is 0 Å². The molecular formula is C9H7N3O. The summed E-state index contributed by atoms with van der Waals surface area (Å²) in [5, 5.41) is 12.9. The fraction of sp³-hybridized carbons (Fsp3) is 0.111. The average Bonchev–Trinajstić information content (AvgIpc) is 2.71. The summed E-state index contributed by atoms with van der Waals surface area (Å²) >= 11 is 0. The highest BCUT2D eigenvalue weighted by atomic mass is 16.3. The molecule has 64 valence electrons. The number of furan rings is 1. The molecule has 0 saturated carbocycles. The molecule has 0 spiro atoms. The van der Waals surface area contributed by atoms with Crippen LogP contribution in [0.15, 0.2) is 29.0 Å². The number of nitrogens with zero attached hydrogens (tertiary/aromatic N) is 3. The minimum absolute atomic E-state index is 0.525. The number of hydrogen-bond donors (Lipinski definition) is 0. The van der Waals surface area contributed by atoms with Crippen molar-refractivity contribution < 1.29 is 4.42 Å². The van der Waals surface area contributed by atoms with Gasteiger partial charge in [-0.15, -0.1) is 0 Å². The lowest BCUT2D eigenvalue weighted by molar-refractivity contribution is 0.578. The van der Waals surface area contributed by atoms with Crippen molar-refractivity contribution in [1.82, 2.24) is 9.78 Å². The van der Waals surface area contributed by atoms with E-state index in [-0.39, 0.29) is 0 Å². The van der Waals surface area contributed by atoms with E-state index in [1.165, 1.54) is 0 Å². The molecule has 2 rings (SSSR count). The summed E-state index contributed by atoms with van der Waals surface area (Å²) in [6.07, 6.45) is 3.23. The second-order valence-corrected chi connectivity index (χ2v) is 2.65. The quantitative estimate of drug-likeness (QED) is 0.657. The second-order valence-electron chi connectivity index (χ2n) is 2.65. The Morgan fingerprint density at radius 1 is 1.62 bits per heavy atom. The van der Waals surface area contributed by atoms with Gasteiger partial charge in [0.15, 0.2) is 5.76 Å². The van der Waals surface area contributed by atoms with Crippen LogP contribution in [0.3, 0.4) is 0 Å². The highest BCUT2D eigenvalue weighted by Crippen LogP contribution is 2.20. The third kappa shape index (κ3) is 1.20. The van der Waals surface area contributed by atoms with Crippen LogP contribution in [0.2, 0.25) is 0 Å². The van der Waals surface area contributed by atoms with Gasteiger partial charge in [-0.2, -0.15) is 10.4 Å². The molecule has 2 aromatic heterocycles. The largest absolute Gasteiger partial charge is 0.463 e. The summed E-state index contributed by atoms with van der Waals surface area (Å²) in [6.45, 7) is 0. The lowest BCUT2D eigenvalue weighted by Crippen LogP contribution is -1.86. The predicted molar refractivity (Wildman–Crippen MR) is 45.6 cm³/mol. The van der Waals surface area contributed by atoms with E-state index in [2.05, 4.69) is 11.2 Å². The normalized spacial score (nSPS) is 9.85. The summed E-state index contributed by atoms with van der Waals surface area (Å²) in [4.78, 5) is 0. The molecule has 0 aromatic carbocycles. The van der Waals surface area contributed by atoms with Gasteiger partial charge in [0.25, 0.3) is 0 Å². The van der Waals surface area contributed by atoms with Gasteiger partial charge in [-0.3, -0.25) is 4.68 Å². The first-order valence-electron chi connectivity index (χ1n) is 3.79. The van der Waals surface area contributed by atoms with E-state index < -0.39 is 0 Å². The molecule has 0 fully saturated rings. The molecule has 0 atom stereocenters.